The van der Waals surface area contributed by atoms with Crippen molar-refractivity contribution in [2.75, 3.05) is 12.4 Å². The van der Waals surface area contributed by atoms with Crippen molar-refractivity contribution in [2.24, 2.45) is 12.5 Å². The third kappa shape index (κ3) is 2.31. The molecule has 0 spiro atoms. The maximum absolute atomic E-state index is 11.6. The van der Waals surface area contributed by atoms with Gasteiger partial charge in [0.1, 0.15) is 0 Å². The van der Waals surface area contributed by atoms with E-state index in [9.17, 15) is 4.79 Å². The Morgan fingerprint density at radius 3 is 2.93 bits per heavy atom. The normalized spacial score (nSPS) is 17.5. The number of carbonyl (C=O) groups is 1. The van der Waals surface area contributed by atoms with E-state index in [1.807, 2.05) is 0 Å². The summed E-state index contributed by atoms with van der Waals surface area (Å²) >= 11 is 5.82. The van der Waals surface area contributed by atoms with Crippen molar-refractivity contribution in [2.45, 2.75) is 12.8 Å². The molecule has 5 heteroatoms. The molecule has 0 radical (unpaired) electrons. The number of halogens is 1. The number of aromatic nitrogens is 2. The van der Waals surface area contributed by atoms with Crippen molar-refractivity contribution in [1.29, 1.82) is 0 Å². The van der Waals surface area contributed by atoms with Crippen LogP contribution in [0, 0.1) is 5.41 Å². The summed E-state index contributed by atoms with van der Waals surface area (Å²) in [5, 5.41) is 6.84. The molecule has 1 aromatic rings. The molecule has 1 amide bonds. The quantitative estimate of drug-likeness (QED) is 0.785. The maximum atomic E-state index is 11.6. The van der Waals surface area contributed by atoms with Crippen LogP contribution in [-0.2, 0) is 7.05 Å². The first kappa shape index (κ1) is 10.5. The van der Waals surface area contributed by atoms with Gasteiger partial charge in [-0.15, -0.1) is 11.6 Å². The number of nitrogens with zero attached hydrogens (tertiary/aromatic N) is 2. The van der Waals surface area contributed by atoms with Gasteiger partial charge in [-0.2, -0.15) is 5.10 Å². The van der Waals surface area contributed by atoms with Gasteiger partial charge in [-0.3, -0.25) is 9.48 Å². The van der Waals surface area contributed by atoms with E-state index >= 15 is 0 Å². The number of aryl methyl sites for hydroxylation is 1. The Morgan fingerprint density at radius 1 is 1.73 bits per heavy atom. The Kier molecular flexibility index (Phi) is 2.69. The minimum Gasteiger partial charge on any atom is -0.351 e. The standard InChI is InChI=1S/C10H14ClN3O/c1-14-5-8(4-13-14)9(15)12-7-10(6-11)2-3-10/h4-5H,2-3,6-7H2,1H3,(H,12,15). The average molecular weight is 228 g/mol. The van der Waals surface area contributed by atoms with E-state index in [1.165, 1.54) is 0 Å². The highest BCUT2D eigenvalue weighted by molar-refractivity contribution is 6.18. The lowest BCUT2D eigenvalue weighted by Crippen LogP contribution is -2.30. The molecule has 2 rings (SSSR count). The molecule has 15 heavy (non-hydrogen) atoms. The number of hydrogen-bond donors (Lipinski definition) is 1. The fraction of sp³-hybridized carbons (Fsp3) is 0.600. The van der Waals surface area contributed by atoms with Crippen molar-refractivity contribution < 1.29 is 4.79 Å². The largest absolute Gasteiger partial charge is 0.351 e. The average Bonchev–Trinajstić information content (AvgIpc) is 2.90. The van der Waals surface area contributed by atoms with Gasteiger partial charge in [0.15, 0.2) is 0 Å². The van der Waals surface area contributed by atoms with Gasteiger partial charge in [0.25, 0.3) is 5.91 Å². The van der Waals surface area contributed by atoms with Crippen LogP contribution >= 0.6 is 11.6 Å². The van der Waals surface area contributed by atoms with Crippen LogP contribution in [0.1, 0.15) is 23.2 Å². The van der Waals surface area contributed by atoms with Crippen molar-refractivity contribution in [1.82, 2.24) is 15.1 Å². The Hall–Kier alpha value is -1.03. The zero-order valence-electron chi connectivity index (χ0n) is 8.66. The van der Waals surface area contributed by atoms with Gasteiger partial charge in [0.05, 0.1) is 11.8 Å². The molecular weight excluding hydrogens is 214 g/mol. The Labute approximate surface area is 93.6 Å². The molecule has 1 N–H and O–H groups in total. The van der Waals surface area contributed by atoms with Crippen LogP contribution in [0.5, 0.6) is 0 Å². The summed E-state index contributed by atoms with van der Waals surface area (Å²) in [4.78, 5) is 11.6. The second-order valence-corrected chi connectivity index (χ2v) is 4.49. The van der Waals surface area contributed by atoms with Gasteiger partial charge in [-0.05, 0) is 12.8 Å². The molecule has 1 saturated carbocycles. The predicted molar refractivity (Wildman–Crippen MR) is 57.9 cm³/mol. The number of amides is 1. The summed E-state index contributed by atoms with van der Waals surface area (Å²) in [7, 11) is 1.79. The van der Waals surface area contributed by atoms with Crippen LogP contribution in [0.25, 0.3) is 0 Å². The molecule has 0 saturated heterocycles. The fourth-order valence-corrected chi connectivity index (χ4v) is 1.80. The van der Waals surface area contributed by atoms with Gasteiger partial charge in [0, 0.05) is 31.1 Å². The molecule has 0 bridgehead atoms. The predicted octanol–water partition coefficient (Wildman–Crippen LogP) is 1.17. The van der Waals surface area contributed by atoms with E-state index in [1.54, 1.807) is 24.1 Å². The molecule has 0 unspecified atom stereocenters. The molecule has 0 aliphatic heterocycles. The SMILES string of the molecule is Cn1cc(C(=O)NCC2(CCl)CC2)cn1. The van der Waals surface area contributed by atoms with Crippen LogP contribution in [0.15, 0.2) is 12.4 Å². The molecule has 1 fully saturated rings. The fourth-order valence-electron chi connectivity index (χ4n) is 1.44. The van der Waals surface area contributed by atoms with Crippen molar-refractivity contribution in [3.05, 3.63) is 18.0 Å². The number of alkyl halides is 1. The topological polar surface area (TPSA) is 46.9 Å². The first-order valence-electron chi connectivity index (χ1n) is 4.98. The summed E-state index contributed by atoms with van der Waals surface area (Å²) < 4.78 is 1.61. The van der Waals surface area contributed by atoms with Crippen LogP contribution < -0.4 is 5.32 Å². The second kappa shape index (κ2) is 3.85. The number of hydrogen-bond acceptors (Lipinski definition) is 2. The molecule has 1 aromatic heterocycles. The smallest absolute Gasteiger partial charge is 0.254 e. The highest BCUT2D eigenvalue weighted by Crippen LogP contribution is 2.45. The number of nitrogens with one attached hydrogen (secondary N) is 1. The van der Waals surface area contributed by atoms with E-state index in [4.69, 9.17) is 11.6 Å². The van der Waals surface area contributed by atoms with E-state index in [0.29, 0.717) is 18.0 Å². The van der Waals surface area contributed by atoms with Crippen molar-refractivity contribution >= 4 is 17.5 Å². The van der Waals surface area contributed by atoms with Crippen molar-refractivity contribution in [3.8, 4) is 0 Å². The van der Waals surface area contributed by atoms with E-state index in [0.717, 1.165) is 12.8 Å². The van der Waals surface area contributed by atoms with Gasteiger partial charge < -0.3 is 5.32 Å². The third-order valence-electron chi connectivity index (χ3n) is 2.83. The van der Waals surface area contributed by atoms with Gasteiger partial charge >= 0.3 is 0 Å². The van der Waals surface area contributed by atoms with Crippen LogP contribution in [-0.4, -0.2) is 28.1 Å². The molecule has 1 heterocycles. The first-order chi connectivity index (χ1) is 7.15. The van der Waals surface area contributed by atoms with E-state index in [2.05, 4.69) is 10.4 Å². The lowest BCUT2D eigenvalue weighted by molar-refractivity contribution is 0.0946. The minimum atomic E-state index is -0.0699. The van der Waals surface area contributed by atoms with Crippen LogP contribution in [0.4, 0.5) is 0 Å². The monoisotopic (exact) mass is 227 g/mol. The van der Waals surface area contributed by atoms with Crippen LogP contribution in [0.3, 0.4) is 0 Å². The van der Waals surface area contributed by atoms with Gasteiger partial charge in [-0.1, -0.05) is 0 Å². The summed E-state index contributed by atoms with van der Waals surface area (Å²) in [6.07, 6.45) is 5.50. The summed E-state index contributed by atoms with van der Waals surface area (Å²) in [6.45, 7) is 0.671. The number of carbonyl (C=O) groups excluding carboxylic acids is 1. The van der Waals surface area contributed by atoms with E-state index < -0.39 is 0 Å². The lowest BCUT2D eigenvalue weighted by Gasteiger charge is -2.11. The highest BCUT2D eigenvalue weighted by atomic mass is 35.5. The minimum absolute atomic E-state index is 0.0699. The molecule has 4 nitrogen and oxygen atoms in total. The summed E-state index contributed by atoms with van der Waals surface area (Å²) in [5.41, 5.74) is 0.766. The zero-order valence-corrected chi connectivity index (χ0v) is 9.42. The third-order valence-corrected chi connectivity index (χ3v) is 3.40. The Morgan fingerprint density at radius 2 is 2.47 bits per heavy atom. The zero-order chi connectivity index (χ0) is 10.9. The number of rotatable bonds is 4. The molecule has 1 aliphatic carbocycles. The highest BCUT2D eigenvalue weighted by Gasteiger charge is 2.41. The van der Waals surface area contributed by atoms with Gasteiger partial charge in [-0.25, -0.2) is 0 Å². The Balaban J connectivity index is 1.88. The first-order valence-corrected chi connectivity index (χ1v) is 5.51. The molecule has 82 valence electrons. The molecule has 0 atom stereocenters. The Bertz CT molecular complexity index is 370. The molecule has 1 aliphatic rings. The molecule has 0 aromatic carbocycles. The second-order valence-electron chi connectivity index (χ2n) is 4.22. The molecular formula is C10H14ClN3O. The lowest BCUT2D eigenvalue weighted by atomic mass is 10.1. The van der Waals surface area contributed by atoms with E-state index in [-0.39, 0.29) is 11.3 Å². The van der Waals surface area contributed by atoms with Gasteiger partial charge in [0.2, 0.25) is 0 Å². The summed E-state index contributed by atoms with van der Waals surface area (Å²) in [6, 6.07) is 0. The maximum Gasteiger partial charge on any atom is 0.254 e. The van der Waals surface area contributed by atoms with Crippen LogP contribution in [0.2, 0.25) is 0 Å². The summed E-state index contributed by atoms with van der Waals surface area (Å²) in [5.74, 6) is 0.555. The van der Waals surface area contributed by atoms with Crippen molar-refractivity contribution in [3.63, 3.8) is 0 Å².